The number of sulfonamides is 1. The van der Waals surface area contributed by atoms with Gasteiger partial charge in [0.05, 0.1) is 22.7 Å². The molecule has 0 amide bonds. The molecule has 0 aliphatic carbocycles. The van der Waals surface area contributed by atoms with Crippen LogP contribution in [-0.4, -0.2) is 18.2 Å². The minimum absolute atomic E-state index is 0.0493. The fourth-order valence-corrected chi connectivity index (χ4v) is 3.61. The Bertz CT molecular complexity index is 1220. The maximum absolute atomic E-state index is 13.4. The van der Waals surface area contributed by atoms with Crippen LogP contribution in [0, 0.1) is 5.82 Å². The summed E-state index contributed by atoms with van der Waals surface area (Å²) >= 11 is 5.63. The van der Waals surface area contributed by atoms with E-state index in [2.05, 4.69) is 5.10 Å². The van der Waals surface area contributed by atoms with Gasteiger partial charge in [-0.25, -0.2) is 22.6 Å². The Morgan fingerprint density at radius 2 is 1.69 bits per heavy atom. The second-order valence-electron chi connectivity index (χ2n) is 6.32. The smallest absolute Gasteiger partial charge is 0.267 e. The summed E-state index contributed by atoms with van der Waals surface area (Å²) in [6.45, 7) is 1.75. The molecule has 0 saturated heterocycles. The lowest BCUT2D eigenvalue weighted by atomic mass is 9.97. The average molecular weight is 434 g/mol. The Balaban J connectivity index is 2.25. The van der Waals surface area contributed by atoms with Gasteiger partial charge in [0.25, 0.3) is 5.56 Å². The molecule has 2 N–H and O–H groups in total. The van der Waals surface area contributed by atoms with Crippen LogP contribution in [0.1, 0.15) is 13.0 Å². The van der Waals surface area contributed by atoms with Gasteiger partial charge in [0.1, 0.15) is 5.82 Å². The van der Waals surface area contributed by atoms with Crippen molar-refractivity contribution in [1.29, 1.82) is 0 Å². The SMILES string of the molecule is CC(C=CCl)n1ncc(-c2ccc(S(N)(=O)=O)cc2)c(-c2ccc(F)cc2)c1=O. The molecule has 2 aromatic carbocycles. The number of allylic oxidation sites excluding steroid dienone is 1. The van der Waals surface area contributed by atoms with Crippen molar-refractivity contribution in [3.8, 4) is 22.3 Å². The van der Waals surface area contributed by atoms with E-state index < -0.39 is 27.4 Å². The van der Waals surface area contributed by atoms with Gasteiger partial charge in [-0.15, -0.1) is 0 Å². The van der Waals surface area contributed by atoms with Crippen molar-refractivity contribution in [2.45, 2.75) is 17.9 Å². The van der Waals surface area contributed by atoms with E-state index in [1.54, 1.807) is 13.0 Å². The third-order valence-corrected chi connectivity index (χ3v) is 5.44. The molecule has 1 aromatic heterocycles. The standard InChI is InChI=1S/C20H17ClFN3O3S/c1-13(10-11-21)25-20(26)19(15-2-6-16(22)7-3-15)18(12-24-25)14-4-8-17(9-5-14)29(23,27)28/h2-13H,1H3,(H2,23,27,28). The Kier molecular flexibility index (Phi) is 5.97. The number of nitrogens with zero attached hydrogens (tertiary/aromatic N) is 2. The molecule has 0 spiro atoms. The Hall–Kier alpha value is -2.81. The van der Waals surface area contributed by atoms with Crippen LogP contribution in [-0.2, 0) is 10.0 Å². The molecule has 6 nitrogen and oxygen atoms in total. The molecule has 9 heteroatoms. The van der Waals surface area contributed by atoms with Crippen LogP contribution in [0.3, 0.4) is 0 Å². The summed E-state index contributed by atoms with van der Waals surface area (Å²) in [4.78, 5) is 13.2. The van der Waals surface area contributed by atoms with E-state index in [-0.39, 0.29) is 4.90 Å². The number of benzene rings is 2. The summed E-state index contributed by atoms with van der Waals surface area (Å²) in [5.41, 5.74) is 2.75. The zero-order valence-electron chi connectivity index (χ0n) is 15.3. The van der Waals surface area contributed by atoms with Gasteiger partial charge in [-0.1, -0.05) is 35.9 Å². The summed E-state index contributed by atoms with van der Waals surface area (Å²) in [7, 11) is -3.84. The molecule has 0 bridgehead atoms. The maximum atomic E-state index is 13.4. The van der Waals surface area contributed by atoms with Gasteiger partial charge in [-0.3, -0.25) is 4.79 Å². The monoisotopic (exact) mass is 433 g/mol. The van der Waals surface area contributed by atoms with Crippen molar-refractivity contribution < 1.29 is 12.8 Å². The van der Waals surface area contributed by atoms with E-state index in [1.165, 1.54) is 64.9 Å². The molecule has 1 unspecified atom stereocenters. The van der Waals surface area contributed by atoms with Crippen molar-refractivity contribution in [2.75, 3.05) is 0 Å². The quantitative estimate of drug-likeness (QED) is 0.664. The van der Waals surface area contributed by atoms with E-state index >= 15 is 0 Å². The largest absolute Gasteiger partial charge is 0.275 e. The summed E-state index contributed by atoms with van der Waals surface area (Å²) in [5, 5.41) is 9.37. The topological polar surface area (TPSA) is 95.1 Å². The predicted octanol–water partition coefficient (Wildman–Crippen LogP) is 3.68. The highest BCUT2D eigenvalue weighted by Crippen LogP contribution is 2.30. The lowest BCUT2D eigenvalue weighted by Gasteiger charge is -2.15. The first-order valence-electron chi connectivity index (χ1n) is 8.50. The van der Waals surface area contributed by atoms with Crippen molar-refractivity contribution in [2.24, 2.45) is 5.14 Å². The first-order chi connectivity index (χ1) is 13.7. The van der Waals surface area contributed by atoms with Gasteiger partial charge >= 0.3 is 0 Å². The van der Waals surface area contributed by atoms with Crippen molar-refractivity contribution in [3.63, 3.8) is 0 Å². The van der Waals surface area contributed by atoms with Gasteiger partial charge < -0.3 is 0 Å². The molecule has 3 rings (SSSR count). The maximum Gasteiger partial charge on any atom is 0.275 e. The van der Waals surface area contributed by atoms with E-state index in [0.717, 1.165) is 0 Å². The highest BCUT2D eigenvalue weighted by molar-refractivity contribution is 7.89. The molecule has 1 atom stereocenters. The van der Waals surface area contributed by atoms with E-state index in [1.807, 2.05) is 0 Å². The molecule has 150 valence electrons. The number of hydrogen-bond acceptors (Lipinski definition) is 4. The number of hydrogen-bond donors (Lipinski definition) is 1. The van der Waals surface area contributed by atoms with Crippen molar-refractivity contribution >= 4 is 21.6 Å². The molecule has 0 radical (unpaired) electrons. The fourth-order valence-electron chi connectivity index (χ4n) is 2.88. The van der Waals surface area contributed by atoms with Gasteiger partial charge in [-0.2, -0.15) is 5.10 Å². The van der Waals surface area contributed by atoms with E-state index in [4.69, 9.17) is 16.7 Å². The number of aromatic nitrogens is 2. The normalized spacial score (nSPS) is 13.0. The first-order valence-corrected chi connectivity index (χ1v) is 10.5. The van der Waals surface area contributed by atoms with E-state index in [0.29, 0.717) is 22.3 Å². The van der Waals surface area contributed by atoms with Gasteiger partial charge in [0.15, 0.2) is 0 Å². The molecule has 0 aliphatic rings. The van der Waals surface area contributed by atoms with Crippen LogP contribution in [0.15, 0.2) is 76.0 Å². The fraction of sp³-hybridized carbons (Fsp3) is 0.100. The summed E-state index contributed by atoms with van der Waals surface area (Å²) < 4.78 is 37.7. The summed E-state index contributed by atoms with van der Waals surface area (Å²) in [5.74, 6) is -0.430. The number of rotatable bonds is 5. The average Bonchev–Trinajstić information content (AvgIpc) is 2.68. The van der Waals surface area contributed by atoms with Gasteiger partial charge in [-0.05, 0) is 48.4 Å². The Labute approximate surface area is 172 Å². The lowest BCUT2D eigenvalue weighted by molar-refractivity contribution is 0.548. The molecule has 0 aliphatic heterocycles. The Morgan fingerprint density at radius 3 is 2.24 bits per heavy atom. The van der Waals surface area contributed by atoms with Crippen molar-refractivity contribution in [3.05, 3.63) is 82.5 Å². The summed E-state index contributed by atoms with van der Waals surface area (Å²) in [6.07, 6.45) is 3.11. The van der Waals surface area contributed by atoms with Crippen LogP contribution >= 0.6 is 11.6 Å². The van der Waals surface area contributed by atoms with Crippen molar-refractivity contribution in [1.82, 2.24) is 9.78 Å². The second-order valence-corrected chi connectivity index (χ2v) is 8.13. The second kappa shape index (κ2) is 8.28. The molecule has 29 heavy (non-hydrogen) atoms. The van der Waals surface area contributed by atoms with Gasteiger partial charge in [0, 0.05) is 11.1 Å². The van der Waals surface area contributed by atoms with Crippen LogP contribution in [0.4, 0.5) is 4.39 Å². The minimum Gasteiger partial charge on any atom is -0.267 e. The molecule has 0 fully saturated rings. The Morgan fingerprint density at radius 1 is 1.10 bits per heavy atom. The molecule has 1 heterocycles. The zero-order chi connectivity index (χ0) is 21.2. The number of halogens is 2. The van der Waals surface area contributed by atoms with Gasteiger partial charge in [0.2, 0.25) is 10.0 Å². The molecular weight excluding hydrogens is 417 g/mol. The number of nitrogens with two attached hydrogens (primary N) is 1. The van der Waals surface area contributed by atoms with Crippen LogP contribution in [0.2, 0.25) is 0 Å². The molecule has 3 aromatic rings. The van der Waals surface area contributed by atoms with Crippen LogP contribution < -0.4 is 10.7 Å². The highest BCUT2D eigenvalue weighted by atomic mass is 35.5. The number of primary sulfonamides is 1. The van der Waals surface area contributed by atoms with Crippen LogP contribution in [0.5, 0.6) is 0 Å². The zero-order valence-corrected chi connectivity index (χ0v) is 16.9. The first kappa shape index (κ1) is 20.9. The minimum atomic E-state index is -3.84. The molecular formula is C20H17ClFN3O3S. The van der Waals surface area contributed by atoms with E-state index in [9.17, 15) is 17.6 Å². The highest BCUT2D eigenvalue weighted by Gasteiger charge is 2.18. The van der Waals surface area contributed by atoms with Crippen LogP contribution in [0.25, 0.3) is 22.3 Å². The third-order valence-electron chi connectivity index (χ3n) is 4.37. The lowest BCUT2D eigenvalue weighted by Crippen LogP contribution is -2.27. The summed E-state index contributed by atoms with van der Waals surface area (Å²) in [6, 6.07) is 10.9. The molecule has 0 saturated carbocycles. The third kappa shape index (κ3) is 4.45. The predicted molar refractivity (Wildman–Crippen MR) is 110 cm³/mol.